The van der Waals surface area contributed by atoms with Crippen LogP contribution in [0.15, 0.2) is 24.5 Å². The first kappa shape index (κ1) is 14.2. The Hall–Kier alpha value is -1.75. The predicted octanol–water partition coefficient (Wildman–Crippen LogP) is 2.56. The van der Waals surface area contributed by atoms with E-state index >= 15 is 0 Å². The number of Topliss-reactive ketones (excluding diaryl/α,β-unsaturated/α-hetero) is 1. The summed E-state index contributed by atoms with van der Waals surface area (Å²) in [5.41, 5.74) is 7.90. The number of nitrogens with two attached hydrogens (primary N) is 1. The van der Waals surface area contributed by atoms with Gasteiger partial charge in [0.2, 0.25) is 0 Å². The van der Waals surface area contributed by atoms with Crippen LogP contribution < -0.4 is 5.73 Å². The van der Waals surface area contributed by atoms with E-state index in [4.69, 9.17) is 18.0 Å². The minimum Gasteiger partial charge on any atom is -0.392 e. The van der Waals surface area contributed by atoms with E-state index in [0.717, 1.165) is 29.7 Å². The van der Waals surface area contributed by atoms with Crippen LogP contribution in [0, 0.1) is 12.8 Å². The number of hydrogen-bond donors (Lipinski definition) is 1. The summed E-state index contributed by atoms with van der Waals surface area (Å²) < 4.78 is 1.94. The molecule has 0 spiro atoms. The Balaban J connectivity index is 2.19. The van der Waals surface area contributed by atoms with Gasteiger partial charge in [-0.15, -0.1) is 0 Å². The lowest BCUT2D eigenvalue weighted by Gasteiger charge is -2.38. The average Bonchev–Trinajstić information content (AvgIpc) is 2.80. The lowest BCUT2D eigenvalue weighted by molar-refractivity contribution is -0.127. The van der Waals surface area contributed by atoms with E-state index in [1.165, 1.54) is 0 Å². The van der Waals surface area contributed by atoms with Crippen molar-refractivity contribution >= 4 is 28.6 Å². The number of nitrogens with zero attached hydrogens (tertiary/aromatic N) is 2. The van der Waals surface area contributed by atoms with Crippen molar-refractivity contribution in [2.24, 2.45) is 11.7 Å². The molecule has 4 nitrogen and oxygen atoms in total. The summed E-state index contributed by atoms with van der Waals surface area (Å²) in [5, 5.41) is 0. The molecule has 0 saturated heterocycles. The van der Waals surface area contributed by atoms with Crippen LogP contribution in [0.25, 0.3) is 5.65 Å². The highest BCUT2D eigenvalue weighted by atomic mass is 32.1. The smallest absolute Gasteiger partial charge is 0.153 e. The van der Waals surface area contributed by atoms with Gasteiger partial charge in [0.25, 0.3) is 0 Å². The number of thiocarbonyl (C=S) groups is 1. The zero-order valence-electron chi connectivity index (χ0n) is 12.3. The van der Waals surface area contributed by atoms with E-state index in [1.54, 1.807) is 0 Å². The highest BCUT2D eigenvalue weighted by molar-refractivity contribution is 7.80. The molecule has 2 aromatic heterocycles. The van der Waals surface area contributed by atoms with Crippen LogP contribution in [0.5, 0.6) is 0 Å². The monoisotopic (exact) mass is 301 g/mol. The number of aromatic nitrogens is 2. The number of rotatable bonds is 2. The van der Waals surface area contributed by atoms with Crippen molar-refractivity contribution in [2.75, 3.05) is 0 Å². The maximum atomic E-state index is 12.8. The van der Waals surface area contributed by atoms with Crippen molar-refractivity contribution in [3.8, 4) is 0 Å². The standard InChI is InChI=1S/C16H19N3OS/c1-10-4-3-7-16(14(10)20,15(17)21)12-5-6-13-18-11(2)8-19(13)9-12/h5-6,8-10H,3-4,7H2,1-2H3,(H2,17,21). The van der Waals surface area contributed by atoms with Gasteiger partial charge in [-0.25, -0.2) is 4.98 Å². The Morgan fingerprint density at radius 1 is 1.48 bits per heavy atom. The highest BCUT2D eigenvalue weighted by Gasteiger charge is 2.47. The van der Waals surface area contributed by atoms with Crippen molar-refractivity contribution in [2.45, 2.75) is 38.5 Å². The molecule has 5 heteroatoms. The third kappa shape index (κ3) is 2.07. The van der Waals surface area contributed by atoms with E-state index in [9.17, 15) is 4.79 Å². The first-order valence-electron chi connectivity index (χ1n) is 7.25. The van der Waals surface area contributed by atoms with Gasteiger partial charge in [-0.3, -0.25) is 4.79 Å². The largest absolute Gasteiger partial charge is 0.392 e. The number of hydrogen-bond acceptors (Lipinski definition) is 3. The first-order chi connectivity index (χ1) is 9.95. The predicted molar refractivity (Wildman–Crippen MR) is 86.4 cm³/mol. The number of ketones is 1. The molecule has 2 N–H and O–H groups in total. The molecule has 2 unspecified atom stereocenters. The molecule has 2 aromatic rings. The van der Waals surface area contributed by atoms with Gasteiger partial charge in [0.1, 0.15) is 11.1 Å². The molecule has 1 aliphatic rings. The molecule has 0 amide bonds. The molecular weight excluding hydrogens is 282 g/mol. The highest BCUT2D eigenvalue weighted by Crippen LogP contribution is 2.39. The second kappa shape index (κ2) is 4.91. The van der Waals surface area contributed by atoms with Gasteiger partial charge >= 0.3 is 0 Å². The van der Waals surface area contributed by atoms with Gasteiger partial charge in [0.05, 0.1) is 10.7 Å². The fourth-order valence-corrected chi connectivity index (χ4v) is 3.71. The summed E-state index contributed by atoms with van der Waals surface area (Å²) >= 11 is 5.30. The SMILES string of the molecule is Cc1cn2cc(C3(C(N)=S)CCCC(C)C3=O)ccc2n1. The molecule has 0 radical (unpaired) electrons. The van der Waals surface area contributed by atoms with Crippen molar-refractivity contribution in [1.82, 2.24) is 9.38 Å². The van der Waals surface area contributed by atoms with Crippen LogP contribution >= 0.6 is 12.2 Å². The lowest BCUT2D eigenvalue weighted by Crippen LogP contribution is -2.51. The van der Waals surface area contributed by atoms with Gasteiger partial charge in [-0.1, -0.05) is 31.6 Å². The van der Waals surface area contributed by atoms with Gasteiger partial charge in [0.15, 0.2) is 5.78 Å². The van der Waals surface area contributed by atoms with E-state index in [2.05, 4.69) is 4.98 Å². The first-order valence-corrected chi connectivity index (χ1v) is 7.66. The van der Waals surface area contributed by atoms with Gasteiger partial charge in [-0.05, 0) is 31.4 Å². The maximum absolute atomic E-state index is 12.8. The van der Waals surface area contributed by atoms with Crippen LogP contribution in [-0.4, -0.2) is 20.2 Å². The second-order valence-corrected chi connectivity index (χ2v) is 6.43. The summed E-state index contributed by atoms with van der Waals surface area (Å²) in [6.07, 6.45) is 6.47. The Kier molecular flexibility index (Phi) is 3.32. The fourth-order valence-electron chi connectivity index (χ4n) is 3.39. The molecule has 110 valence electrons. The second-order valence-electron chi connectivity index (χ2n) is 5.99. The molecule has 1 saturated carbocycles. The molecule has 1 aliphatic carbocycles. The van der Waals surface area contributed by atoms with Gasteiger partial charge in [-0.2, -0.15) is 0 Å². The van der Waals surface area contributed by atoms with Crippen molar-refractivity contribution in [1.29, 1.82) is 0 Å². The molecule has 3 rings (SSSR count). The summed E-state index contributed by atoms with van der Waals surface area (Å²) in [7, 11) is 0. The number of aryl methyl sites for hydroxylation is 1. The van der Waals surface area contributed by atoms with Crippen LogP contribution in [0.3, 0.4) is 0 Å². The number of fused-ring (bicyclic) bond motifs is 1. The zero-order valence-corrected chi connectivity index (χ0v) is 13.1. The van der Waals surface area contributed by atoms with Crippen LogP contribution in [0.1, 0.15) is 37.4 Å². The van der Waals surface area contributed by atoms with Crippen LogP contribution in [-0.2, 0) is 10.2 Å². The van der Waals surface area contributed by atoms with E-state index in [0.29, 0.717) is 6.42 Å². The van der Waals surface area contributed by atoms with E-state index in [1.807, 2.05) is 42.8 Å². The molecule has 2 heterocycles. The summed E-state index contributed by atoms with van der Waals surface area (Å²) in [6, 6.07) is 3.87. The van der Waals surface area contributed by atoms with E-state index in [-0.39, 0.29) is 16.7 Å². The molecule has 21 heavy (non-hydrogen) atoms. The third-order valence-corrected chi connectivity index (χ3v) is 4.89. The average molecular weight is 301 g/mol. The van der Waals surface area contributed by atoms with Crippen LogP contribution in [0.4, 0.5) is 0 Å². The van der Waals surface area contributed by atoms with Crippen LogP contribution in [0.2, 0.25) is 0 Å². The van der Waals surface area contributed by atoms with E-state index < -0.39 is 5.41 Å². The summed E-state index contributed by atoms with van der Waals surface area (Å²) in [5.74, 6) is 0.151. The Morgan fingerprint density at radius 2 is 2.24 bits per heavy atom. The summed E-state index contributed by atoms with van der Waals surface area (Å²) in [6.45, 7) is 3.91. The van der Waals surface area contributed by atoms with Gasteiger partial charge in [0, 0.05) is 18.3 Å². The minimum atomic E-state index is -0.820. The molecule has 0 aliphatic heterocycles. The fraction of sp³-hybridized carbons (Fsp3) is 0.438. The summed E-state index contributed by atoms with van der Waals surface area (Å²) in [4.78, 5) is 17.5. The molecule has 0 aromatic carbocycles. The molecule has 2 atom stereocenters. The Labute approximate surface area is 129 Å². The number of carbonyl (C=O) groups is 1. The molecule has 0 bridgehead atoms. The number of carbonyl (C=O) groups excluding carboxylic acids is 1. The number of pyridine rings is 1. The Morgan fingerprint density at radius 3 is 2.95 bits per heavy atom. The van der Waals surface area contributed by atoms with Crippen molar-refractivity contribution in [3.63, 3.8) is 0 Å². The van der Waals surface area contributed by atoms with Crippen molar-refractivity contribution < 1.29 is 4.79 Å². The number of imidazole rings is 1. The Bertz CT molecular complexity index is 736. The van der Waals surface area contributed by atoms with Gasteiger partial charge < -0.3 is 10.1 Å². The minimum absolute atomic E-state index is 0.000435. The third-order valence-electron chi connectivity index (χ3n) is 4.54. The molecule has 1 fully saturated rings. The maximum Gasteiger partial charge on any atom is 0.153 e. The van der Waals surface area contributed by atoms with Crippen molar-refractivity contribution in [3.05, 3.63) is 35.8 Å². The normalized spacial score (nSPS) is 26.2. The quantitative estimate of drug-likeness (QED) is 0.866. The molecular formula is C16H19N3OS. The lowest BCUT2D eigenvalue weighted by atomic mass is 9.65. The topological polar surface area (TPSA) is 60.4 Å². The zero-order chi connectivity index (χ0) is 15.2.